The molecule has 0 radical (unpaired) electrons. The summed E-state index contributed by atoms with van der Waals surface area (Å²) >= 11 is 12.3. The number of carbonyl (C=O) groups excluding carboxylic acids is 2. The molecule has 1 fully saturated rings. The molecule has 0 saturated carbocycles. The first-order valence-electron chi connectivity index (χ1n) is 10.8. The Labute approximate surface area is 204 Å². The maximum Gasteiger partial charge on any atom is 0.295 e. The van der Waals surface area contributed by atoms with Crippen molar-refractivity contribution >= 4 is 40.7 Å². The number of ketones is 1. The van der Waals surface area contributed by atoms with Crippen LogP contribution in [0.2, 0.25) is 10.0 Å². The van der Waals surface area contributed by atoms with E-state index in [0.29, 0.717) is 46.5 Å². The zero-order valence-electron chi connectivity index (χ0n) is 19.2. The molecule has 3 rings (SSSR count). The van der Waals surface area contributed by atoms with Crippen LogP contribution in [0.25, 0.3) is 5.76 Å². The van der Waals surface area contributed by atoms with Gasteiger partial charge >= 0.3 is 0 Å². The number of aliphatic hydroxyl groups excluding tert-OH is 1. The van der Waals surface area contributed by atoms with Gasteiger partial charge in [-0.2, -0.15) is 0 Å². The van der Waals surface area contributed by atoms with E-state index in [0.717, 1.165) is 12.1 Å². The number of aryl methyl sites for hydroxylation is 1. The van der Waals surface area contributed by atoms with Gasteiger partial charge in [-0.15, -0.1) is 0 Å². The van der Waals surface area contributed by atoms with Crippen molar-refractivity contribution in [3.05, 3.63) is 68.7 Å². The summed E-state index contributed by atoms with van der Waals surface area (Å²) in [5.41, 5.74) is 1.89. The zero-order chi connectivity index (χ0) is 24.3. The van der Waals surface area contributed by atoms with Crippen LogP contribution >= 0.6 is 23.2 Å². The number of carbonyl (C=O) groups is 2. The molecular weight excluding hydrogens is 463 g/mol. The Kier molecular flexibility index (Phi) is 8.05. The summed E-state index contributed by atoms with van der Waals surface area (Å²) in [5.74, 6) is -0.904. The number of Topliss-reactive ketones (excluding diaryl/α,β-unsaturated/α-hetero) is 1. The van der Waals surface area contributed by atoms with Crippen molar-refractivity contribution in [3.63, 3.8) is 0 Å². The lowest BCUT2D eigenvalue weighted by molar-refractivity contribution is -0.139. The van der Waals surface area contributed by atoms with Crippen LogP contribution in [-0.2, 0) is 9.59 Å². The lowest BCUT2D eigenvalue weighted by Crippen LogP contribution is -2.32. The topological polar surface area (TPSA) is 70.1 Å². The molecule has 8 heteroatoms. The molecule has 0 bridgehead atoms. The van der Waals surface area contributed by atoms with E-state index in [2.05, 4.69) is 0 Å². The Balaban J connectivity index is 2.11. The van der Waals surface area contributed by atoms with Gasteiger partial charge in [0.1, 0.15) is 11.5 Å². The van der Waals surface area contributed by atoms with Gasteiger partial charge in [0.05, 0.1) is 28.3 Å². The molecule has 176 valence electrons. The fourth-order valence-corrected chi connectivity index (χ4v) is 4.27. The van der Waals surface area contributed by atoms with Crippen molar-refractivity contribution in [3.8, 4) is 5.75 Å². The molecule has 1 aliphatic rings. The normalized spacial score (nSPS) is 17.8. The summed E-state index contributed by atoms with van der Waals surface area (Å²) in [7, 11) is 3.89. The molecular formula is C25H28Cl2N2O4. The summed E-state index contributed by atoms with van der Waals surface area (Å²) in [6.07, 6.45) is 0.667. The number of hydrogen-bond acceptors (Lipinski definition) is 5. The fraction of sp³-hybridized carbons (Fsp3) is 0.360. The molecule has 1 heterocycles. The fourth-order valence-electron chi connectivity index (χ4n) is 3.97. The van der Waals surface area contributed by atoms with E-state index in [-0.39, 0.29) is 11.3 Å². The Morgan fingerprint density at radius 3 is 2.45 bits per heavy atom. The largest absolute Gasteiger partial charge is 0.507 e. The number of benzene rings is 2. The molecule has 1 atom stereocenters. The highest BCUT2D eigenvalue weighted by Gasteiger charge is 2.46. The Morgan fingerprint density at radius 2 is 1.85 bits per heavy atom. The van der Waals surface area contributed by atoms with Gasteiger partial charge in [-0.05, 0) is 82.4 Å². The van der Waals surface area contributed by atoms with Gasteiger partial charge in [-0.3, -0.25) is 9.59 Å². The molecule has 33 heavy (non-hydrogen) atoms. The number of halogens is 2. The third kappa shape index (κ3) is 5.35. The van der Waals surface area contributed by atoms with Crippen LogP contribution in [0.5, 0.6) is 5.75 Å². The standard InChI is InChI=1S/C25H28Cl2N2O4/c1-5-33-20-10-8-17(13-15(20)2)23(30)21-22(16-7-9-18(26)19(27)14-16)29(25(32)24(21)31)12-6-11-28(3)4/h7-10,13-14,22,30H,5-6,11-12H2,1-4H3/b23-21+. The van der Waals surface area contributed by atoms with Crippen molar-refractivity contribution in [2.24, 2.45) is 0 Å². The average Bonchev–Trinajstić information content (AvgIpc) is 3.01. The van der Waals surface area contributed by atoms with Gasteiger partial charge in [0, 0.05) is 12.1 Å². The predicted octanol–water partition coefficient (Wildman–Crippen LogP) is 5.07. The van der Waals surface area contributed by atoms with Crippen LogP contribution in [0.1, 0.15) is 36.1 Å². The third-order valence-electron chi connectivity index (χ3n) is 5.55. The molecule has 0 spiro atoms. The maximum atomic E-state index is 13.1. The summed E-state index contributed by atoms with van der Waals surface area (Å²) in [4.78, 5) is 29.6. The lowest BCUT2D eigenvalue weighted by atomic mass is 9.94. The molecule has 0 aliphatic carbocycles. The summed E-state index contributed by atoms with van der Waals surface area (Å²) in [6.45, 7) is 5.36. The average molecular weight is 491 g/mol. The van der Waals surface area contributed by atoms with E-state index in [1.54, 1.807) is 36.4 Å². The Bertz CT molecular complexity index is 1100. The van der Waals surface area contributed by atoms with E-state index in [1.165, 1.54) is 4.90 Å². The molecule has 1 unspecified atom stereocenters. The minimum Gasteiger partial charge on any atom is -0.507 e. The molecule has 1 aliphatic heterocycles. The lowest BCUT2D eigenvalue weighted by Gasteiger charge is -2.26. The highest BCUT2D eigenvalue weighted by atomic mass is 35.5. The molecule has 2 aromatic rings. The van der Waals surface area contributed by atoms with E-state index in [9.17, 15) is 14.7 Å². The molecule has 1 N–H and O–H groups in total. The van der Waals surface area contributed by atoms with Crippen LogP contribution in [0.4, 0.5) is 0 Å². The first kappa shape index (κ1) is 25.1. The summed E-state index contributed by atoms with van der Waals surface area (Å²) in [5, 5.41) is 11.9. The minimum absolute atomic E-state index is 0.0341. The Hall–Kier alpha value is -2.54. The Morgan fingerprint density at radius 1 is 1.12 bits per heavy atom. The van der Waals surface area contributed by atoms with E-state index < -0.39 is 17.7 Å². The number of rotatable bonds is 8. The second-order valence-corrected chi connectivity index (χ2v) is 9.05. The van der Waals surface area contributed by atoms with Crippen molar-refractivity contribution in [2.75, 3.05) is 33.8 Å². The number of ether oxygens (including phenoxy) is 1. The van der Waals surface area contributed by atoms with Gasteiger partial charge < -0.3 is 19.6 Å². The second kappa shape index (κ2) is 10.6. The molecule has 6 nitrogen and oxygen atoms in total. The number of nitrogens with zero attached hydrogens (tertiary/aromatic N) is 2. The number of amides is 1. The number of aliphatic hydroxyl groups is 1. The van der Waals surface area contributed by atoms with Gasteiger partial charge in [0.15, 0.2) is 0 Å². The monoisotopic (exact) mass is 490 g/mol. The van der Waals surface area contributed by atoms with Crippen LogP contribution in [-0.4, -0.2) is 60.4 Å². The quantitative estimate of drug-likeness (QED) is 0.317. The number of hydrogen-bond donors (Lipinski definition) is 1. The second-order valence-electron chi connectivity index (χ2n) is 8.24. The maximum absolute atomic E-state index is 13.1. The smallest absolute Gasteiger partial charge is 0.295 e. The van der Waals surface area contributed by atoms with E-state index >= 15 is 0 Å². The highest BCUT2D eigenvalue weighted by molar-refractivity contribution is 6.46. The first-order chi connectivity index (χ1) is 15.6. The first-order valence-corrected chi connectivity index (χ1v) is 11.5. The SMILES string of the molecule is CCOc1ccc(/C(O)=C2\C(=O)C(=O)N(CCCN(C)C)C2c2ccc(Cl)c(Cl)c2)cc1C. The van der Waals surface area contributed by atoms with Crippen LogP contribution in [0.15, 0.2) is 42.0 Å². The van der Waals surface area contributed by atoms with Crippen LogP contribution in [0, 0.1) is 6.92 Å². The molecule has 0 aromatic heterocycles. The van der Waals surface area contributed by atoms with Crippen molar-refractivity contribution in [1.82, 2.24) is 9.80 Å². The van der Waals surface area contributed by atoms with Gasteiger partial charge in [0.2, 0.25) is 0 Å². The van der Waals surface area contributed by atoms with E-state index in [4.69, 9.17) is 27.9 Å². The summed E-state index contributed by atoms with van der Waals surface area (Å²) < 4.78 is 5.57. The van der Waals surface area contributed by atoms with Crippen LogP contribution in [0.3, 0.4) is 0 Å². The molecule has 1 amide bonds. The van der Waals surface area contributed by atoms with Gasteiger partial charge in [-0.1, -0.05) is 29.3 Å². The zero-order valence-corrected chi connectivity index (χ0v) is 20.7. The van der Waals surface area contributed by atoms with Crippen molar-refractivity contribution < 1.29 is 19.4 Å². The summed E-state index contributed by atoms with van der Waals surface area (Å²) in [6, 6.07) is 9.38. The van der Waals surface area contributed by atoms with Crippen molar-refractivity contribution in [1.29, 1.82) is 0 Å². The van der Waals surface area contributed by atoms with Crippen LogP contribution < -0.4 is 4.74 Å². The molecule has 1 saturated heterocycles. The van der Waals surface area contributed by atoms with Crippen molar-refractivity contribution in [2.45, 2.75) is 26.3 Å². The minimum atomic E-state index is -0.770. The predicted molar refractivity (Wildman–Crippen MR) is 131 cm³/mol. The number of likely N-dealkylation sites (tertiary alicyclic amines) is 1. The van der Waals surface area contributed by atoms with Gasteiger partial charge in [0.25, 0.3) is 11.7 Å². The van der Waals surface area contributed by atoms with Gasteiger partial charge in [-0.25, -0.2) is 0 Å². The third-order valence-corrected chi connectivity index (χ3v) is 6.29. The highest BCUT2D eigenvalue weighted by Crippen LogP contribution is 2.41. The molecule has 2 aromatic carbocycles. The van der Waals surface area contributed by atoms with E-state index in [1.807, 2.05) is 32.8 Å².